The molecule has 0 saturated carbocycles. The number of rotatable bonds is 2. The van der Waals surface area contributed by atoms with E-state index in [0.29, 0.717) is 0 Å². The Labute approximate surface area is 46.2 Å². The minimum atomic E-state index is -0.489. The van der Waals surface area contributed by atoms with E-state index in [4.69, 9.17) is 0 Å². The van der Waals surface area contributed by atoms with Gasteiger partial charge >= 0.3 is 0 Å². The molecule has 0 fully saturated rings. The van der Waals surface area contributed by atoms with Crippen LogP contribution in [0.15, 0.2) is 4.99 Å². The van der Waals surface area contributed by atoms with E-state index in [9.17, 15) is 4.79 Å². The molecule has 0 bridgehead atoms. The fraction of sp³-hybridized carbons (Fsp3) is 0.333. The summed E-state index contributed by atoms with van der Waals surface area (Å²) in [6, 6.07) is 0. The molecular formula is C3H4N2OS. The van der Waals surface area contributed by atoms with Gasteiger partial charge in [0.05, 0.1) is 5.16 Å². The van der Waals surface area contributed by atoms with Crippen LogP contribution in [-0.2, 0) is 4.79 Å². The van der Waals surface area contributed by atoms with Crippen LogP contribution in [0.4, 0.5) is 0 Å². The van der Waals surface area contributed by atoms with E-state index >= 15 is 0 Å². The number of hydrogen-bond acceptors (Lipinski definition) is 3. The zero-order valence-corrected chi connectivity index (χ0v) is 4.36. The van der Waals surface area contributed by atoms with Crippen molar-refractivity contribution in [1.82, 2.24) is 0 Å². The first-order chi connectivity index (χ1) is 3.27. The molecule has 2 N–H and O–H groups in total. The highest BCUT2D eigenvalue weighted by Gasteiger charge is 1.83. The molecule has 3 nitrogen and oxygen atoms in total. The molecule has 0 atom stereocenters. The molecule has 0 heterocycles. The molecule has 4 heteroatoms. The van der Waals surface area contributed by atoms with Gasteiger partial charge in [0, 0.05) is 0 Å². The summed E-state index contributed by atoms with van der Waals surface area (Å²) >= 11 is 4.15. The lowest BCUT2D eigenvalue weighted by molar-refractivity contribution is -0.116. The van der Waals surface area contributed by atoms with Crippen LogP contribution in [0.5, 0.6) is 0 Å². The van der Waals surface area contributed by atoms with Crippen LogP contribution in [0.1, 0.15) is 0 Å². The van der Waals surface area contributed by atoms with Gasteiger partial charge in [-0.05, 0) is 12.2 Å². The lowest BCUT2D eigenvalue weighted by Crippen LogP contribution is -2.13. The summed E-state index contributed by atoms with van der Waals surface area (Å²) in [4.78, 5) is 13.1. The Morgan fingerprint density at radius 3 is 2.71 bits per heavy atom. The largest absolute Gasteiger partial charge is 0.368 e. The van der Waals surface area contributed by atoms with Gasteiger partial charge in [0.1, 0.15) is 6.54 Å². The van der Waals surface area contributed by atoms with Gasteiger partial charge in [0.15, 0.2) is 0 Å². The van der Waals surface area contributed by atoms with Gasteiger partial charge in [-0.3, -0.25) is 4.79 Å². The molecule has 0 radical (unpaired) electrons. The van der Waals surface area contributed by atoms with E-state index in [1.54, 1.807) is 0 Å². The van der Waals surface area contributed by atoms with Crippen molar-refractivity contribution in [2.75, 3.05) is 6.54 Å². The van der Waals surface area contributed by atoms with Gasteiger partial charge in [-0.25, -0.2) is 4.99 Å². The molecule has 0 rings (SSSR count). The maximum Gasteiger partial charge on any atom is 0.239 e. The van der Waals surface area contributed by atoms with Crippen molar-refractivity contribution in [3.63, 3.8) is 0 Å². The highest BCUT2D eigenvalue weighted by Crippen LogP contribution is 1.60. The highest BCUT2D eigenvalue weighted by atomic mass is 32.1. The van der Waals surface area contributed by atoms with E-state index in [1.807, 2.05) is 5.16 Å². The first kappa shape index (κ1) is 6.27. The first-order valence-corrected chi connectivity index (χ1v) is 2.00. The van der Waals surface area contributed by atoms with Crippen LogP contribution in [0.25, 0.3) is 0 Å². The molecule has 0 aromatic carbocycles. The lowest BCUT2D eigenvalue weighted by atomic mass is 10.6. The molecule has 38 valence electrons. The second-order valence-electron chi connectivity index (χ2n) is 0.874. The Kier molecular flexibility index (Phi) is 3.10. The molecule has 0 spiro atoms. The predicted octanol–water partition coefficient (Wildman–Crippen LogP) is -0.425. The predicted molar refractivity (Wildman–Crippen MR) is 29.1 cm³/mol. The number of thiocarbonyl (C=S) groups is 1. The minimum Gasteiger partial charge on any atom is -0.368 e. The Hall–Kier alpha value is -0.730. The number of nitrogens with two attached hydrogens (primary N) is 1. The number of amides is 1. The fourth-order valence-electron chi connectivity index (χ4n) is 0.110. The van der Waals surface area contributed by atoms with Gasteiger partial charge in [0.25, 0.3) is 0 Å². The molecule has 1 amide bonds. The highest BCUT2D eigenvalue weighted by molar-refractivity contribution is 7.78. The molecule has 0 aliphatic rings. The molecule has 7 heavy (non-hydrogen) atoms. The molecule has 0 aliphatic heterocycles. The van der Waals surface area contributed by atoms with Crippen LogP contribution in [0.3, 0.4) is 0 Å². The van der Waals surface area contributed by atoms with Crippen molar-refractivity contribution in [2.45, 2.75) is 0 Å². The Balaban J connectivity index is 3.32. The zero-order chi connectivity index (χ0) is 5.70. The molecule has 0 aromatic rings. The van der Waals surface area contributed by atoms with E-state index in [-0.39, 0.29) is 6.54 Å². The Bertz CT molecular complexity index is 116. The van der Waals surface area contributed by atoms with Crippen molar-refractivity contribution in [2.24, 2.45) is 10.7 Å². The summed E-state index contributed by atoms with van der Waals surface area (Å²) in [5, 5.41) is 2.01. The number of carbonyl (C=O) groups excluding carboxylic acids is 1. The van der Waals surface area contributed by atoms with Crippen LogP contribution in [0.2, 0.25) is 0 Å². The normalized spacial score (nSPS) is 6.86. The maximum absolute atomic E-state index is 9.80. The summed E-state index contributed by atoms with van der Waals surface area (Å²) in [6.45, 7) is -0.0521. The summed E-state index contributed by atoms with van der Waals surface area (Å²) < 4.78 is 0. The van der Waals surface area contributed by atoms with Gasteiger partial charge in [-0.2, -0.15) is 0 Å². The topological polar surface area (TPSA) is 55.5 Å². The number of carbonyl (C=O) groups is 1. The van der Waals surface area contributed by atoms with Crippen molar-refractivity contribution in [3.05, 3.63) is 0 Å². The van der Waals surface area contributed by atoms with Crippen molar-refractivity contribution in [1.29, 1.82) is 0 Å². The molecule has 0 aromatic heterocycles. The van der Waals surface area contributed by atoms with Gasteiger partial charge in [0.2, 0.25) is 5.91 Å². The van der Waals surface area contributed by atoms with Crippen LogP contribution < -0.4 is 5.73 Å². The quantitative estimate of drug-likeness (QED) is 0.393. The number of aliphatic imine (C=N–C) groups is 1. The number of nitrogens with zero attached hydrogens (tertiary/aromatic N) is 1. The summed E-state index contributed by atoms with van der Waals surface area (Å²) in [5.41, 5.74) is 4.66. The lowest BCUT2D eigenvalue weighted by Gasteiger charge is -1.76. The average Bonchev–Trinajstić information content (AvgIpc) is 1.61. The number of hydrogen-bond donors (Lipinski definition) is 1. The molecular weight excluding hydrogens is 112 g/mol. The number of isothiocyanates is 1. The fourth-order valence-corrected chi connectivity index (χ4v) is 0.175. The first-order valence-electron chi connectivity index (χ1n) is 1.59. The van der Waals surface area contributed by atoms with E-state index in [0.717, 1.165) is 0 Å². The molecule has 0 aliphatic carbocycles. The molecule has 0 unspecified atom stereocenters. The smallest absolute Gasteiger partial charge is 0.239 e. The van der Waals surface area contributed by atoms with E-state index in [1.165, 1.54) is 0 Å². The third kappa shape index (κ3) is 5.27. The third-order valence-electron chi connectivity index (χ3n) is 0.299. The summed E-state index contributed by atoms with van der Waals surface area (Å²) in [6.07, 6.45) is 0. The molecule has 0 saturated heterocycles. The maximum atomic E-state index is 9.80. The SMILES string of the molecule is NC(=O)CN=C=S. The van der Waals surface area contributed by atoms with E-state index < -0.39 is 5.91 Å². The second-order valence-corrected chi connectivity index (χ2v) is 1.06. The van der Waals surface area contributed by atoms with Gasteiger partial charge in [-0.15, -0.1) is 0 Å². The van der Waals surface area contributed by atoms with Gasteiger partial charge in [-0.1, -0.05) is 0 Å². The zero-order valence-electron chi connectivity index (χ0n) is 3.55. The van der Waals surface area contributed by atoms with Crippen LogP contribution in [0, 0.1) is 0 Å². The van der Waals surface area contributed by atoms with Gasteiger partial charge < -0.3 is 5.73 Å². The van der Waals surface area contributed by atoms with Crippen LogP contribution >= 0.6 is 12.2 Å². The van der Waals surface area contributed by atoms with Crippen molar-refractivity contribution >= 4 is 23.3 Å². The monoisotopic (exact) mass is 116 g/mol. The third-order valence-corrected chi connectivity index (χ3v) is 0.429. The van der Waals surface area contributed by atoms with Crippen LogP contribution in [-0.4, -0.2) is 17.6 Å². The Morgan fingerprint density at radius 1 is 2.00 bits per heavy atom. The van der Waals surface area contributed by atoms with Crippen molar-refractivity contribution < 1.29 is 4.79 Å². The minimum absolute atomic E-state index is 0.0521. The van der Waals surface area contributed by atoms with Crippen molar-refractivity contribution in [3.8, 4) is 0 Å². The Morgan fingerprint density at radius 2 is 2.57 bits per heavy atom. The average molecular weight is 116 g/mol. The van der Waals surface area contributed by atoms with E-state index in [2.05, 4.69) is 22.9 Å². The standard InChI is InChI=1S/C3H4N2OS/c4-3(6)1-5-2-7/h1H2,(H2,4,6). The number of primary amides is 1. The summed E-state index contributed by atoms with van der Waals surface area (Å²) in [5.74, 6) is -0.489. The second kappa shape index (κ2) is 3.46. The summed E-state index contributed by atoms with van der Waals surface area (Å²) in [7, 11) is 0.